The first-order chi connectivity index (χ1) is 14.7. The predicted molar refractivity (Wildman–Crippen MR) is 118 cm³/mol. The Kier molecular flexibility index (Phi) is 4.21. The number of aromatic nitrogens is 1. The lowest BCUT2D eigenvalue weighted by molar-refractivity contribution is -0.124. The first-order valence-electron chi connectivity index (χ1n) is 10.5. The van der Waals surface area contributed by atoms with Crippen molar-refractivity contribution in [2.75, 3.05) is 43.1 Å². The number of hydrogen-bond acceptors (Lipinski definition) is 6. The summed E-state index contributed by atoms with van der Waals surface area (Å²) >= 11 is 1.72. The van der Waals surface area contributed by atoms with Gasteiger partial charge in [0.15, 0.2) is 5.13 Å². The fourth-order valence-corrected chi connectivity index (χ4v) is 5.51. The molecule has 0 bridgehead atoms. The van der Waals surface area contributed by atoms with Crippen LogP contribution in [0.4, 0.5) is 10.8 Å². The molecule has 3 aliphatic rings. The van der Waals surface area contributed by atoms with Crippen molar-refractivity contribution in [3.63, 3.8) is 0 Å². The monoisotopic (exact) mass is 421 g/mol. The van der Waals surface area contributed by atoms with E-state index in [1.54, 1.807) is 11.3 Å². The first-order valence-corrected chi connectivity index (χ1v) is 11.3. The van der Waals surface area contributed by atoms with Crippen molar-refractivity contribution >= 4 is 38.3 Å². The summed E-state index contributed by atoms with van der Waals surface area (Å²) in [5.41, 5.74) is 3.88. The minimum atomic E-state index is -0.108. The molecule has 3 aliphatic heterocycles. The van der Waals surface area contributed by atoms with E-state index < -0.39 is 0 Å². The van der Waals surface area contributed by atoms with Crippen LogP contribution in [-0.4, -0.2) is 43.8 Å². The third-order valence-corrected chi connectivity index (χ3v) is 7.59. The largest absolute Gasteiger partial charge is 0.493 e. The lowest BCUT2D eigenvalue weighted by atomic mass is 9.77. The van der Waals surface area contributed by atoms with Gasteiger partial charge < -0.3 is 19.7 Å². The molecule has 3 aromatic rings. The van der Waals surface area contributed by atoms with Gasteiger partial charge in [0.25, 0.3) is 5.91 Å². The van der Waals surface area contributed by atoms with E-state index >= 15 is 0 Å². The molecule has 30 heavy (non-hydrogen) atoms. The van der Waals surface area contributed by atoms with Gasteiger partial charge in [0.05, 0.1) is 30.0 Å². The van der Waals surface area contributed by atoms with E-state index in [0.717, 1.165) is 65.1 Å². The van der Waals surface area contributed by atoms with Crippen molar-refractivity contribution in [2.45, 2.75) is 19.3 Å². The minimum Gasteiger partial charge on any atom is -0.493 e. The Hall–Kier alpha value is -2.64. The molecule has 0 unspecified atom stereocenters. The summed E-state index contributed by atoms with van der Waals surface area (Å²) in [5, 5.41) is 4.09. The zero-order valence-electron chi connectivity index (χ0n) is 16.6. The third-order valence-electron chi connectivity index (χ3n) is 6.50. The molecule has 0 atom stereocenters. The molecule has 2 aromatic carbocycles. The predicted octanol–water partition coefficient (Wildman–Crippen LogP) is 4.10. The highest BCUT2D eigenvalue weighted by molar-refractivity contribution is 7.22. The summed E-state index contributed by atoms with van der Waals surface area (Å²) in [5.74, 6) is 0.778. The van der Waals surface area contributed by atoms with E-state index in [1.165, 1.54) is 12.8 Å². The molecule has 0 saturated carbocycles. The summed E-state index contributed by atoms with van der Waals surface area (Å²) in [6, 6.07) is 11.6. The lowest BCUT2D eigenvalue weighted by Gasteiger charge is -2.47. The molecular weight excluding hydrogens is 398 g/mol. The van der Waals surface area contributed by atoms with Crippen LogP contribution in [0.2, 0.25) is 0 Å². The van der Waals surface area contributed by atoms with Crippen molar-refractivity contribution in [3.05, 3.63) is 47.5 Å². The highest BCUT2D eigenvalue weighted by atomic mass is 32.1. The average molecular weight is 422 g/mol. The van der Waals surface area contributed by atoms with Gasteiger partial charge in [-0.2, -0.15) is 0 Å². The maximum atomic E-state index is 12.7. The Labute approximate surface area is 178 Å². The van der Waals surface area contributed by atoms with E-state index in [4.69, 9.17) is 14.5 Å². The maximum absolute atomic E-state index is 12.7. The molecule has 2 fully saturated rings. The molecule has 0 aliphatic carbocycles. The fourth-order valence-electron chi connectivity index (χ4n) is 4.51. The number of thiazole rings is 1. The molecule has 1 spiro atoms. The van der Waals surface area contributed by atoms with Crippen LogP contribution >= 0.6 is 11.3 Å². The van der Waals surface area contributed by atoms with E-state index in [2.05, 4.69) is 10.2 Å². The van der Waals surface area contributed by atoms with Gasteiger partial charge in [0.2, 0.25) is 0 Å². The van der Waals surface area contributed by atoms with Crippen LogP contribution in [0.1, 0.15) is 28.8 Å². The topological polar surface area (TPSA) is 63.7 Å². The summed E-state index contributed by atoms with van der Waals surface area (Å²) in [6.45, 7) is 4.60. The molecule has 1 amide bonds. The Morgan fingerprint density at radius 2 is 2.00 bits per heavy atom. The van der Waals surface area contributed by atoms with Gasteiger partial charge in [-0.1, -0.05) is 11.3 Å². The summed E-state index contributed by atoms with van der Waals surface area (Å²) < 4.78 is 12.1. The van der Waals surface area contributed by atoms with Gasteiger partial charge in [-0.25, -0.2) is 4.98 Å². The molecule has 4 heterocycles. The molecule has 2 saturated heterocycles. The van der Waals surface area contributed by atoms with Crippen LogP contribution in [0, 0.1) is 5.41 Å². The number of benzene rings is 2. The second-order valence-electron chi connectivity index (χ2n) is 8.53. The zero-order chi connectivity index (χ0) is 20.1. The molecule has 0 radical (unpaired) electrons. The van der Waals surface area contributed by atoms with Crippen molar-refractivity contribution in [1.82, 2.24) is 4.98 Å². The lowest BCUT2D eigenvalue weighted by Crippen LogP contribution is -2.50. The SMILES string of the molecule is O=C(Nc1ccc2sc(N3CCC4(CC3)COC4)nc2c1)c1ccc2c(c1)CCO2. The van der Waals surface area contributed by atoms with Crippen LogP contribution in [0.15, 0.2) is 36.4 Å². The van der Waals surface area contributed by atoms with E-state index in [1.807, 2.05) is 36.4 Å². The van der Waals surface area contributed by atoms with Gasteiger partial charge in [0.1, 0.15) is 5.75 Å². The number of carbonyl (C=O) groups excluding carboxylic acids is 1. The molecule has 6 nitrogen and oxygen atoms in total. The standard InChI is InChI=1S/C23H23N3O3S/c27-21(16-1-3-19-15(11-16)5-10-29-19)24-17-2-4-20-18(12-17)25-22(30-20)26-8-6-23(7-9-26)13-28-14-23/h1-4,11-12H,5-10,13-14H2,(H,24,27). The minimum absolute atomic E-state index is 0.108. The van der Waals surface area contributed by atoms with Crippen LogP contribution in [-0.2, 0) is 11.2 Å². The molecular formula is C23H23N3O3S. The number of hydrogen-bond donors (Lipinski definition) is 1. The van der Waals surface area contributed by atoms with Gasteiger partial charge in [-0.05, 0) is 54.8 Å². The third kappa shape index (κ3) is 3.13. The van der Waals surface area contributed by atoms with E-state index in [9.17, 15) is 4.79 Å². The average Bonchev–Trinajstić information content (AvgIpc) is 3.38. The Bertz CT molecular complexity index is 1130. The molecule has 154 valence electrons. The van der Waals surface area contributed by atoms with E-state index in [0.29, 0.717) is 17.6 Å². The smallest absolute Gasteiger partial charge is 0.255 e. The van der Waals surface area contributed by atoms with Gasteiger partial charge >= 0.3 is 0 Å². The second kappa shape index (κ2) is 6.96. The summed E-state index contributed by atoms with van der Waals surface area (Å²) in [4.78, 5) is 20.0. The number of piperidine rings is 1. The second-order valence-corrected chi connectivity index (χ2v) is 9.54. The van der Waals surface area contributed by atoms with E-state index in [-0.39, 0.29) is 5.91 Å². The van der Waals surface area contributed by atoms with Crippen LogP contribution in [0.25, 0.3) is 10.2 Å². The Morgan fingerprint density at radius 3 is 2.80 bits per heavy atom. The molecule has 7 heteroatoms. The first kappa shape index (κ1) is 18.2. The fraction of sp³-hybridized carbons (Fsp3) is 0.391. The normalized spacial score (nSPS) is 19.4. The Balaban J connectivity index is 1.18. The van der Waals surface area contributed by atoms with Gasteiger partial charge in [-0.3, -0.25) is 4.79 Å². The summed E-state index contributed by atoms with van der Waals surface area (Å²) in [7, 11) is 0. The highest BCUT2D eigenvalue weighted by Gasteiger charge is 2.41. The van der Waals surface area contributed by atoms with Gasteiger partial charge in [0, 0.05) is 36.2 Å². The van der Waals surface area contributed by atoms with Crippen molar-refractivity contribution < 1.29 is 14.3 Å². The molecule has 6 rings (SSSR count). The number of nitrogens with one attached hydrogen (secondary N) is 1. The molecule has 1 aromatic heterocycles. The van der Waals surface area contributed by atoms with Crippen molar-refractivity contribution in [1.29, 1.82) is 0 Å². The highest BCUT2D eigenvalue weighted by Crippen LogP contribution is 2.41. The number of nitrogens with zero attached hydrogens (tertiary/aromatic N) is 2. The van der Waals surface area contributed by atoms with Crippen molar-refractivity contribution in [3.8, 4) is 5.75 Å². The van der Waals surface area contributed by atoms with Crippen molar-refractivity contribution in [2.24, 2.45) is 5.41 Å². The zero-order valence-corrected chi connectivity index (χ0v) is 17.5. The molecule has 1 N–H and O–H groups in total. The number of rotatable bonds is 3. The Morgan fingerprint density at radius 1 is 1.13 bits per heavy atom. The quantitative estimate of drug-likeness (QED) is 0.690. The number of amides is 1. The van der Waals surface area contributed by atoms with Crippen LogP contribution in [0.3, 0.4) is 0 Å². The number of fused-ring (bicyclic) bond motifs is 2. The number of carbonyl (C=O) groups is 1. The van der Waals surface area contributed by atoms with Crippen LogP contribution < -0.4 is 15.0 Å². The van der Waals surface area contributed by atoms with Crippen LogP contribution in [0.5, 0.6) is 5.75 Å². The number of ether oxygens (including phenoxy) is 2. The maximum Gasteiger partial charge on any atom is 0.255 e. The summed E-state index contributed by atoms with van der Waals surface area (Å²) in [6.07, 6.45) is 3.21. The van der Waals surface area contributed by atoms with Gasteiger partial charge in [-0.15, -0.1) is 0 Å². The number of anilines is 2.